The van der Waals surface area contributed by atoms with Crippen LogP contribution in [0, 0.1) is 0 Å². The van der Waals surface area contributed by atoms with Crippen LogP contribution in [0.3, 0.4) is 0 Å². The van der Waals surface area contributed by atoms with Gasteiger partial charge in [-0.1, -0.05) is 24.3 Å². The summed E-state index contributed by atoms with van der Waals surface area (Å²) in [5.74, 6) is 0. The molecule has 0 unspecified atom stereocenters. The van der Waals surface area contributed by atoms with Crippen LogP contribution in [0.5, 0.6) is 0 Å². The second-order valence-corrected chi connectivity index (χ2v) is 5.18. The highest BCUT2D eigenvalue weighted by molar-refractivity contribution is 9.10. The molecule has 2 aromatic heterocycles. The number of H-pyrrole nitrogens is 1. The number of nitrogens with one attached hydrogen (secondary N) is 1. The topological polar surface area (TPSA) is 67.8 Å². The maximum absolute atomic E-state index is 11.9. The Morgan fingerprint density at radius 1 is 1.15 bits per heavy atom. The Hall–Kier alpha value is -2.21. The van der Waals surface area contributed by atoms with Crippen molar-refractivity contribution < 1.29 is 0 Å². The third-order valence-electron chi connectivity index (χ3n) is 2.99. The fourth-order valence-electron chi connectivity index (χ4n) is 1.99. The Balaban J connectivity index is 2.08. The van der Waals surface area contributed by atoms with E-state index >= 15 is 0 Å². The number of aromatic nitrogens is 3. The molecule has 0 aliphatic heterocycles. The highest BCUT2D eigenvalue weighted by Gasteiger charge is 2.07. The van der Waals surface area contributed by atoms with Gasteiger partial charge in [-0.3, -0.25) is 14.3 Å². The molecule has 0 amide bonds. The van der Waals surface area contributed by atoms with Crippen molar-refractivity contribution in [1.82, 2.24) is 14.5 Å². The molecule has 0 spiro atoms. The second kappa shape index (κ2) is 5.05. The van der Waals surface area contributed by atoms with E-state index in [1.807, 2.05) is 36.4 Å². The predicted octanol–water partition coefficient (Wildman–Crippen LogP) is 1.90. The maximum Gasteiger partial charge on any atom is 0.328 e. The molecule has 3 aromatic rings. The lowest BCUT2D eigenvalue weighted by atomic mass is 10.2. The first-order valence-electron chi connectivity index (χ1n) is 5.98. The van der Waals surface area contributed by atoms with Gasteiger partial charge in [-0.25, -0.2) is 4.79 Å². The minimum Gasteiger partial charge on any atom is -0.313 e. The lowest BCUT2D eigenvalue weighted by Gasteiger charge is -2.05. The van der Waals surface area contributed by atoms with Gasteiger partial charge in [0.15, 0.2) is 0 Å². The van der Waals surface area contributed by atoms with Crippen LogP contribution in [0.2, 0.25) is 0 Å². The summed E-state index contributed by atoms with van der Waals surface area (Å²) < 4.78 is 1.43. The van der Waals surface area contributed by atoms with Crippen molar-refractivity contribution in [2.45, 2.75) is 6.54 Å². The minimum absolute atomic E-state index is 0.137. The van der Waals surface area contributed by atoms with E-state index < -0.39 is 5.69 Å². The van der Waals surface area contributed by atoms with Crippen molar-refractivity contribution in [2.24, 2.45) is 0 Å². The molecule has 1 aromatic carbocycles. The first kappa shape index (κ1) is 12.8. The molecule has 20 heavy (non-hydrogen) atoms. The van der Waals surface area contributed by atoms with Crippen molar-refractivity contribution in [2.75, 3.05) is 0 Å². The molecule has 0 aliphatic rings. The Labute approximate surface area is 122 Å². The van der Waals surface area contributed by atoms with Crippen LogP contribution in [0.4, 0.5) is 0 Å². The highest BCUT2D eigenvalue weighted by atomic mass is 79.9. The lowest BCUT2D eigenvalue weighted by Crippen LogP contribution is -2.35. The van der Waals surface area contributed by atoms with Crippen molar-refractivity contribution in [3.63, 3.8) is 0 Å². The second-order valence-electron chi connectivity index (χ2n) is 4.33. The molecule has 0 atom stereocenters. The zero-order valence-electron chi connectivity index (χ0n) is 10.3. The molecule has 3 rings (SSSR count). The molecular weight excluding hydrogens is 322 g/mol. The third kappa shape index (κ3) is 2.30. The normalized spacial score (nSPS) is 10.8. The average Bonchev–Trinajstić information content (AvgIpc) is 2.47. The van der Waals surface area contributed by atoms with Crippen molar-refractivity contribution in [1.29, 1.82) is 0 Å². The smallest absolute Gasteiger partial charge is 0.313 e. The van der Waals surface area contributed by atoms with Gasteiger partial charge < -0.3 is 4.98 Å². The summed E-state index contributed by atoms with van der Waals surface area (Å²) in [6.07, 6.45) is 1.34. The van der Waals surface area contributed by atoms with E-state index in [4.69, 9.17) is 0 Å². The van der Waals surface area contributed by atoms with Gasteiger partial charge in [-0.15, -0.1) is 0 Å². The number of nitrogens with zero attached hydrogens (tertiary/aromatic N) is 2. The largest absolute Gasteiger partial charge is 0.328 e. The van der Waals surface area contributed by atoms with Gasteiger partial charge in [0.05, 0.1) is 22.2 Å². The van der Waals surface area contributed by atoms with Crippen molar-refractivity contribution in [3.05, 3.63) is 73.6 Å². The van der Waals surface area contributed by atoms with Crippen LogP contribution in [-0.4, -0.2) is 14.5 Å². The Morgan fingerprint density at radius 2 is 1.95 bits per heavy atom. The summed E-state index contributed by atoms with van der Waals surface area (Å²) in [5, 5.41) is 1.02. The van der Waals surface area contributed by atoms with Crippen LogP contribution in [0.1, 0.15) is 5.69 Å². The molecule has 100 valence electrons. The molecular formula is C14H10BrN3O2. The van der Waals surface area contributed by atoms with Gasteiger partial charge >= 0.3 is 5.69 Å². The first-order valence-corrected chi connectivity index (χ1v) is 6.77. The van der Waals surface area contributed by atoms with E-state index in [0.29, 0.717) is 10.2 Å². The molecule has 0 radical (unpaired) electrons. The van der Waals surface area contributed by atoms with Crippen LogP contribution < -0.4 is 11.2 Å². The number of aromatic amines is 1. The Bertz CT molecular complexity index is 899. The zero-order chi connectivity index (χ0) is 14.1. The van der Waals surface area contributed by atoms with Gasteiger partial charge in [0, 0.05) is 11.6 Å². The number of rotatable bonds is 2. The number of halogens is 1. The molecule has 0 bridgehead atoms. The average molecular weight is 332 g/mol. The standard InChI is InChI=1S/C14H10BrN3O2/c15-11-7-16-14(20)18(13(11)19)8-10-6-5-9-3-1-2-4-12(9)17-10/h1-7H,8H2,(H,16,20). The Morgan fingerprint density at radius 3 is 2.80 bits per heavy atom. The van der Waals surface area contributed by atoms with E-state index in [-0.39, 0.29) is 12.1 Å². The number of benzene rings is 1. The Kier molecular flexibility index (Phi) is 3.23. The SMILES string of the molecule is O=c1[nH]cc(Br)c(=O)n1Cc1ccc2ccccc2n1. The minimum atomic E-state index is -0.451. The number of hydrogen-bond donors (Lipinski definition) is 1. The molecule has 0 fully saturated rings. The fraction of sp³-hybridized carbons (Fsp3) is 0.0714. The van der Waals surface area contributed by atoms with Gasteiger partial charge in [0.2, 0.25) is 0 Å². The summed E-state index contributed by atoms with van der Waals surface area (Å²) in [6.45, 7) is 0.137. The van der Waals surface area contributed by atoms with E-state index in [1.165, 1.54) is 6.20 Å². The summed E-state index contributed by atoms with van der Waals surface area (Å²) in [4.78, 5) is 30.6. The lowest BCUT2D eigenvalue weighted by molar-refractivity contribution is 0.682. The third-order valence-corrected chi connectivity index (χ3v) is 3.56. The van der Waals surface area contributed by atoms with Crippen LogP contribution >= 0.6 is 15.9 Å². The van der Waals surface area contributed by atoms with Crippen molar-refractivity contribution in [3.8, 4) is 0 Å². The van der Waals surface area contributed by atoms with E-state index in [1.54, 1.807) is 0 Å². The molecule has 0 saturated heterocycles. The zero-order valence-corrected chi connectivity index (χ0v) is 11.9. The number of para-hydroxylation sites is 1. The quantitative estimate of drug-likeness (QED) is 0.779. The monoisotopic (exact) mass is 331 g/mol. The van der Waals surface area contributed by atoms with Gasteiger partial charge in [-0.2, -0.15) is 0 Å². The number of fused-ring (bicyclic) bond motifs is 1. The van der Waals surface area contributed by atoms with Gasteiger partial charge in [-0.05, 0) is 28.1 Å². The van der Waals surface area contributed by atoms with Gasteiger partial charge in [0.1, 0.15) is 0 Å². The summed E-state index contributed by atoms with van der Waals surface area (Å²) in [6, 6.07) is 11.4. The first-order chi connectivity index (χ1) is 9.65. The number of hydrogen-bond acceptors (Lipinski definition) is 3. The number of pyridine rings is 1. The summed E-state index contributed by atoms with van der Waals surface area (Å²) >= 11 is 3.11. The van der Waals surface area contributed by atoms with E-state index in [9.17, 15) is 9.59 Å². The predicted molar refractivity (Wildman–Crippen MR) is 79.9 cm³/mol. The molecule has 2 heterocycles. The van der Waals surface area contributed by atoms with E-state index in [0.717, 1.165) is 15.5 Å². The summed E-state index contributed by atoms with van der Waals surface area (Å²) in [7, 11) is 0. The van der Waals surface area contributed by atoms with Gasteiger partial charge in [0.25, 0.3) is 5.56 Å². The van der Waals surface area contributed by atoms with Crippen LogP contribution in [0.15, 0.2) is 56.7 Å². The molecule has 6 heteroatoms. The molecule has 5 nitrogen and oxygen atoms in total. The summed E-state index contributed by atoms with van der Waals surface area (Å²) in [5.41, 5.74) is 0.677. The van der Waals surface area contributed by atoms with Crippen LogP contribution in [0.25, 0.3) is 10.9 Å². The van der Waals surface area contributed by atoms with E-state index in [2.05, 4.69) is 25.9 Å². The maximum atomic E-state index is 11.9. The van der Waals surface area contributed by atoms with Crippen LogP contribution in [-0.2, 0) is 6.54 Å². The fourth-order valence-corrected chi connectivity index (χ4v) is 2.32. The molecule has 0 aliphatic carbocycles. The molecule has 1 N–H and O–H groups in total. The highest BCUT2D eigenvalue weighted by Crippen LogP contribution is 2.12. The molecule has 0 saturated carbocycles. The van der Waals surface area contributed by atoms with Crippen molar-refractivity contribution >= 4 is 26.8 Å².